The highest BCUT2D eigenvalue weighted by Crippen LogP contribution is 2.31. The van der Waals surface area contributed by atoms with Gasteiger partial charge in [-0.15, -0.1) is 0 Å². The van der Waals surface area contributed by atoms with Crippen LogP contribution >= 0.6 is 0 Å². The zero-order chi connectivity index (χ0) is 12.3. The first-order valence-corrected chi connectivity index (χ1v) is 6.32. The van der Waals surface area contributed by atoms with E-state index in [9.17, 15) is 5.11 Å². The van der Waals surface area contributed by atoms with E-state index >= 15 is 0 Å². The van der Waals surface area contributed by atoms with Crippen LogP contribution in [0.2, 0.25) is 0 Å². The van der Waals surface area contributed by atoms with Crippen molar-refractivity contribution in [1.29, 1.82) is 0 Å². The standard InChI is InChI=1S/C13H21N3O/c1-10(14)12-6-3-7-15-13(12)16(8-9-17)11-4-2-5-11/h3,6-7,10-11,17H,2,4-5,8-9,14H2,1H3/t10-/m1/s1. The van der Waals surface area contributed by atoms with Gasteiger partial charge in [-0.25, -0.2) is 4.98 Å². The summed E-state index contributed by atoms with van der Waals surface area (Å²) in [5, 5.41) is 9.20. The highest BCUT2D eigenvalue weighted by molar-refractivity contribution is 5.49. The summed E-state index contributed by atoms with van der Waals surface area (Å²) in [7, 11) is 0. The highest BCUT2D eigenvalue weighted by atomic mass is 16.3. The van der Waals surface area contributed by atoms with Crippen molar-refractivity contribution in [3.05, 3.63) is 23.9 Å². The van der Waals surface area contributed by atoms with Gasteiger partial charge in [0.25, 0.3) is 0 Å². The maximum atomic E-state index is 9.20. The van der Waals surface area contributed by atoms with Crippen LogP contribution in [0.3, 0.4) is 0 Å². The quantitative estimate of drug-likeness (QED) is 0.811. The van der Waals surface area contributed by atoms with Gasteiger partial charge in [0.1, 0.15) is 5.82 Å². The topological polar surface area (TPSA) is 62.4 Å². The molecule has 0 aliphatic heterocycles. The lowest BCUT2D eigenvalue weighted by molar-refractivity contribution is 0.282. The van der Waals surface area contributed by atoms with Crippen molar-refractivity contribution in [2.24, 2.45) is 5.73 Å². The monoisotopic (exact) mass is 235 g/mol. The van der Waals surface area contributed by atoms with Gasteiger partial charge in [-0.05, 0) is 32.3 Å². The lowest BCUT2D eigenvalue weighted by Crippen LogP contribution is -2.43. The summed E-state index contributed by atoms with van der Waals surface area (Å²) in [6.45, 7) is 2.77. The molecule has 0 saturated heterocycles. The number of aliphatic hydroxyl groups excluding tert-OH is 1. The van der Waals surface area contributed by atoms with Gasteiger partial charge in [0.05, 0.1) is 6.61 Å². The summed E-state index contributed by atoms with van der Waals surface area (Å²) in [5.74, 6) is 0.946. The van der Waals surface area contributed by atoms with Gasteiger partial charge in [-0.3, -0.25) is 0 Å². The number of aliphatic hydroxyl groups is 1. The average molecular weight is 235 g/mol. The van der Waals surface area contributed by atoms with E-state index < -0.39 is 0 Å². The van der Waals surface area contributed by atoms with Crippen LogP contribution in [0, 0.1) is 0 Å². The number of anilines is 1. The zero-order valence-corrected chi connectivity index (χ0v) is 10.3. The predicted molar refractivity (Wildman–Crippen MR) is 68.9 cm³/mol. The molecule has 1 aromatic rings. The van der Waals surface area contributed by atoms with E-state index in [1.165, 1.54) is 19.3 Å². The van der Waals surface area contributed by atoms with E-state index in [1.54, 1.807) is 6.20 Å². The Bertz CT molecular complexity index is 363. The number of rotatable bonds is 5. The molecule has 1 aliphatic carbocycles. The lowest BCUT2D eigenvalue weighted by Gasteiger charge is -2.39. The molecule has 4 nitrogen and oxygen atoms in total. The number of nitrogens with two attached hydrogens (primary N) is 1. The van der Waals surface area contributed by atoms with Crippen LogP contribution < -0.4 is 10.6 Å². The molecule has 0 amide bonds. The molecule has 0 bridgehead atoms. The summed E-state index contributed by atoms with van der Waals surface area (Å²) in [4.78, 5) is 6.67. The maximum Gasteiger partial charge on any atom is 0.133 e. The Balaban J connectivity index is 2.27. The van der Waals surface area contributed by atoms with Gasteiger partial charge in [-0.1, -0.05) is 6.07 Å². The first-order chi connectivity index (χ1) is 8.24. The van der Waals surface area contributed by atoms with Crippen molar-refractivity contribution in [1.82, 2.24) is 4.98 Å². The van der Waals surface area contributed by atoms with E-state index in [2.05, 4.69) is 9.88 Å². The fourth-order valence-corrected chi connectivity index (χ4v) is 2.27. The summed E-state index contributed by atoms with van der Waals surface area (Å²) >= 11 is 0. The molecule has 0 unspecified atom stereocenters. The Morgan fingerprint density at radius 2 is 2.35 bits per heavy atom. The molecule has 94 valence electrons. The summed E-state index contributed by atoms with van der Waals surface area (Å²) < 4.78 is 0. The molecule has 1 heterocycles. The molecule has 4 heteroatoms. The van der Waals surface area contributed by atoms with E-state index in [0.717, 1.165) is 11.4 Å². The second-order valence-electron chi connectivity index (χ2n) is 4.71. The highest BCUT2D eigenvalue weighted by Gasteiger charge is 2.27. The molecule has 0 radical (unpaired) electrons. The molecule has 0 spiro atoms. The van der Waals surface area contributed by atoms with Crippen LogP contribution in [-0.2, 0) is 0 Å². The van der Waals surface area contributed by atoms with Crippen LogP contribution in [-0.4, -0.2) is 29.3 Å². The zero-order valence-electron chi connectivity index (χ0n) is 10.3. The van der Waals surface area contributed by atoms with Crippen molar-refractivity contribution in [2.75, 3.05) is 18.1 Å². The molecule has 1 saturated carbocycles. The molecule has 0 aromatic carbocycles. The molecule has 2 rings (SSSR count). The molecule has 1 aromatic heterocycles. The fraction of sp³-hybridized carbons (Fsp3) is 0.615. The molecular weight excluding hydrogens is 214 g/mol. The van der Waals surface area contributed by atoms with Crippen molar-refractivity contribution in [3.63, 3.8) is 0 Å². The maximum absolute atomic E-state index is 9.20. The van der Waals surface area contributed by atoms with Crippen LogP contribution in [0.15, 0.2) is 18.3 Å². The summed E-state index contributed by atoms with van der Waals surface area (Å²) in [6, 6.07) is 4.44. The van der Waals surface area contributed by atoms with Gasteiger partial charge in [0.15, 0.2) is 0 Å². The molecule has 17 heavy (non-hydrogen) atoms. The number of hydrogen-bond donors (Lipinski definition) is 2. The van der Waals surface area contributed by atoms with Gasteiger partial charge in [0, 0.05) is 30.4 Å². The Morgan fingerprint density at radius 1 is 1.59 bits per heavy atom. The number of pyridine rings is 1. The molecule has 3 N–H and O–H groups in total. The second-order valence-corrected chi connectivity index (χ2v) is 4.71. The first-order valence-electron chi connectivity index (χ1n) is 6.32. The third kappa shape index (κ3) is 2.58. The molecule has 1 atom stereocenters. The number of aromatic nitrogens is 1. The average Bonchev–Trinajstić information content (AvgIpc) is 2.26. The minimum atomic E-state index is -0.0278. The van der Waals surface area contributed by atoms with Crippen LogP contribution in [0.5, 0.6) is 0 Å². The van der Waals surface area contributed by atoms with E-state index in [-0.39, 0.29) is 12.6 Å². The van der Waals surface area contributed by atoms with Crippen molar-refractivity contribution < 1.29 is 5.11 Å². The minimum absolute atomic E-state index is 0.0278. The van der Waals surface area contributed by atoms with Crippen molar-refractivity contribution in [2.45, 2.75) is 38.3 Å². The largest absolute Gasteiger partial charge is 0.395 e. The van der Waals surface area contributed by atoms with Gasteiger partial charge in [0.2, 0.25) is 0 Å². The van der Waals surface area contributed by atoms with E-state index in [4.69, 9.17) is 5.73 Å². The SMILES string of the molecule is C[C@@H](N)c1cccnc1N(CCO)C1CCC1. The normalized spacial score (nSPS) is 17.6. The summed E-state index contributed by atoms with van der Waals surface area (Å²) in [5.41, 5.74) is 7.04. The third-order valence-corrected chi connectivity index (χ3v) is 3.44. The van der Waals surface area contributed by atoms with Gasteiger partial charge < -0.3 is 15.7 Å². The summed E-state index contributed by atoms with van der Waals surface area (Å²) in [6.07, 6.45) is 5.45. The number of nitrogens with zero attached hydrogens (tertiary/aromatic N) is 2. The van der Waals surface area contributed by atoms with Crippen LogP contribution in [0.4, 0.5) is 5.82 Å². The fourth-order valence-electron chi connectivity index (χ4n) is 2.27. The Labute approximate surface area is 102 Å². The smallest absolute Gasteiger partial charge is 0.133 e. The first kappa shape index (κ1) is 12.3. The molecule has 1 aliphatic rings. The van der Waals surface area contributed by atoms with Crippen molar-refractivity contribution >= 4 is 5.82 Å². The molecular formula is C13H21N3O. The van der Waals surface area contributed by atoms with Gasteiger partial charge >= 0.3 is 0 Å². The third-order valence-electron chi connectivity index (χ3n) is 3.44. The predicted octanol–water partition coefficient (Wildman–Crippen LogP) is 1.45. The minimum Gasteiger partial charge on any atom is -0.395 e. The van der Waals surface area contributed by atoms with Crippen LogP contribution in [0.25, 0.3) is 0 Å². The van der Waals surface area contributed by atoms with Crippen LogP contribution in [0.1, 0.15) is 37.8 Å². The number of hydrogen-bond acceptors (Lipinski definition) is 4. The van der Waals surface area contributed by atoms with E-state index in [1.807, 2.05) is 19.1 Å². The Morgan fingerprint density at radius 3 is 2.88 bits per heavy atom. The Kier molecular flexibility index (Phi) is 3.97. The second kappa shape index (κ2) is 5.47. The van der Waals surface area contributed by atoms with Crippen molar-refractivity contribution in [3.8, 4) is 0 Å². The van der Waals surface area contributed by atoms with Gasteiger partial charge in [-0.2, -0.15) is 0 Å². The lowest BCUT2D eigenvalue weighted by atomic mass is 9.91. The molecule has 1 fully saturated rings. The Hall–Kier alpha value is -1.13. The van der Waals surface area contributed by atoms with E-state index in [0.29, 0.717) is 12.6 Å².